The van der Waals surface area contributed by atoms with E-state index >= 15 is 0 Å². The van der Waals surface area contributed by atoms with E-state index in [0.29, 0.717) is 11.4 Å². The average Bonchev–Trinajstić information content (AvgIpc) is 3.04. The van der Waals surface area contributed by atoms with Crippen LogP contribution in [-0.4, -0.2) is 24.7 Å². The zero-order valence-corrected chi connectivity index (χ0v) is 14.1. The van der Waals surface area contributed by atoms with E-state index in [9.17, 15) is 18.0 Å². The van der Waals surface area contributed by atoms with E-state index in [2.05, 4.69) is 24.6 Å². The molecule has 7 nitrogen and oxygen atoms in total. The van der Waals surface area contributed by atoms with Crippen molar-refractivity contribution in [3.05, 3.63) is 57.3 Å². The van der Waals surface area contributed by atoms with Gasteiger partial charge in [0, 0.05) is 6.20 Å². The average molecular weight is 365 g/mol. The van der Waals surface area contributed by atoms with Gasteiger partial charge in [-0.15, -0.1) is 0 Å². The molecule has 0 bridgehead atoms. The van der Waals surface area contributed by atoms with Gasteiger partial charge in [0.15, 0.2) is 0 Å². The number of halogens is 3. The first-order valence-electron chi connectivity index (χ1n) is 7.58. The van der Waals surface area contributed by atoms with Crippen molar-refractivity contribution in [3.63, 3.8) is 0 Å². The summed E-state index contributed by atoms with van der Waals surface area (Å²) < 4.78 is 43.3. The third kappa shape index (κ3) is 3.35. The maximum Gasteiger partial charge on any atom is 0.471 e. The molecular weight excluding hydrogens is 351 g/mol. The number of rotatable bonds is 3. The molecule has 0 aliphatic carbocycles. The Balaban J connectivity index is 1.99. The van der Waals surface area contributed by atoms with Crippen LogP contribution in [-0.2, 0) is 12.7 Å². The Morgan fingerprint density at radius 2 is 1.77 bits per heavy atom. The van der Waals surface area contributed by atoms with Crippen molar-refractivity contribution < 1.29 is 17.7 Å². The molecule has 0 amide bonds. The van der Waals surface area contributed by atoms with Gasteiger partial charge in [0.1, 0.15) is 0 Å². The maximum atomic E-state index is 12.6. The third-order valence-corrected chi connectivity index (χ3v) is 3.83. The quantitative estimate of drug-likeness (QED) is 0.709. The van der Waals surface area contributed by atoms with Crippen LogP contribution in [0.5, 0.6) is 0 Å². The summed E-state index contributed by atoms with van der Waals surface area (Å²) in [5.41, 5.74) is 2.14. The van der Waals surface area contributed by atoms with Gasteiger partial charge in [-0.05, 0) is 32.9 Å². The molecule has 136 valence electrons. The molecule has 26 heavy (non-hydrogen) atoms. The molecule has 0 saturated carbocycles. The predicted molar refractivity (Wildman–Crippen MR) is 84.3 cm³/mol. The van der Waals surface area contributed by atoms with Crippen LogP contribution in [0.4, 0.5) is 13.2 Å². The molecule has 0 unspecified atom stereocenters. The van der Waals surface area contributed by atoms with Crippen LogP contribution < -0.4 is 5.56 Å². The minimum absolute atomic E-state index is 0.0961. The molecule has 0 aromatic carbocycles. The lowest BCUT2D eigenvalue weighted by molar-refractivity contribution is -0.159. The molecule has 10 heteroatoms. The fourth-order valence-electron chi connectivity index (χ4n) is 2.35. The van der Waals surface area contributed by atoms with Gasteiger partial charge in [-0.25, -0.2) is 0 Å². The van der Waals surface area contributed by atoms with Gasteiger partial charge < -0.3 is 9.09 Å². The van der Waals surface area contributed by atoms with Crippen molar-refractivity contribution >= 4 is 0 Å². The molecule has 0 atom stereocenters. The number of alkyl halides is 3. The molecule has 0 saturated heterocycles. The highest BCUT2D eigenvalue weighted by molar-refractivity contribution is 5.52. The molecule has 3 rings (SSSR count). The highest BCUT2D eigenvalue weighted by atomic mass is 19.4. The minimum Gasteiger partial charge on any atom is -0.329 e. The lowest BCUT2D eigenvalue weighted by Gasteiger charge is -2.10. The summed E-state index contributed by atoms with van der Waals surface area (Å²) in [5.74, 6) is -1.92. The summed E-state index contributed by atoms with van der Waals surface area (Å²) in [5, 5.41) is 3.26. The number of aromatic nitrogens is 5. The Morgan fingerprint density at radius 3 is 2.42 bits per heavy atom. The summed E-state index contributed by atoms with van der Waals surface area (Å²) in [6, 6.07) is 2.85. The van der Waals surface area contributed by atoms with Crippen molar-refractivity contribution in [1.82, 2.24) is 24.7 Å². The highest BCUT2D eigenvalue weighted by Gasteiger charge is 2.38. The molecule has 3 aromatic heterocycles. The van der Waals surface area contributed by atoms with Crippen molar-refractivity contribution in [3.8, 4) is 11.4 Å². The topological polar surface area (TPSA) is 86.7 Å². The lowest BCUT2D eigenvalue weighted by atomic mass is 10.2. The first-order valence-corrected chi connectivity index (χ1v) is 7.58. The highest BCUT2D eigenvalue weighted by Crippen LogP contribution is 2.28. The molecule has 0 N–H and O–H groups in total. The number of pyridine rings is 1. The standard InChI is InChI=1S/C16H14F3N5O2/c1-8-9(2)21-12(10(3)20-8)7-24-6-4-5-11(14(24)25)13-22-15(26-23-13)16(17,18)19/h4-6H,7H2,1-3H3. The summed E-state index contributed by atoms with van der Waals surface area (Å²) in [6.45, 7) is 5.54. The van der Waals surface area contributed by atoms with Gasteiger partial charge in [0.05, 0.1) is 34.9 Å². The second-order valence-electron chi connectivity index (χ2n) is 5.70. The van der Waals surface area contributed by atoms with Crippen LogP contribution in [0.25, 0.3) is 11.4 Å². The zero-order chi connectivity index (χ0) is 19.1. The van der Waals surface area contributed by atoms with E-state index in [1.165, 1.54) is 22.9 Å². The third-order valence-electron chi connectivity index (χ3n) is 3.83. The van der Waals surface area contributed by atoms with Crippen LogP contribution in [0.15, 0.2) is 27.6 Å². The first kappa shape index (κ1) is 17.8. The Kier molecular flexibility index (Phi) is 4.34. The first-order chi connectivity index (χ1) is 12.2. The van der Waals surface area contributed by atoms with Gasteiger partial charge in [0.2, 0.25) is 5.82 Å². The van der Waals surface area contributed by atoms with Crippen LogP contribution >= 0.6 is 0 Å². The van der Waals surface area contributed by atoms with E-state index < -0.39 is 23.5 Å². The van der Waals surface area contributed by atoms with E-state index in [1.807, 2.05) is 13.8 Å². The fourth-order valence-corrected chi connectivity index (χ4v) is 2.35. The van der Waals surface area contributed by atoms with Crippen molar-refractivity contribution in [2.45, 2.75) is 33.5 Å². The molecule has 0 aliphatic rings. The second-order valence-corrected chi connectivity index (χ2v) is 5.70. The zero-order valence-electron chi connectivity index (χ0n) is 14.1. The van der Waals surface area contributed by atoms with Gasteiger partial charge in [0.25, 0.3) is 5.56 Å². The molecule has 0 radical (unpaired) electrons. The second kappa shape index (κ2) is 6.36. The van der Waals surface area contributed by atoms with Crippen LogP contribution in [0.1, 0.15) is 28.7 Å². The Bertz CT molecular complexity index is 1020. The van der Waals surface area contributed by atoms with Crippen molar-refractivity contribution in [2.24, 2.45) is 0 Å². The van der Waals surface area contributed by atoms with Gasteiger partial charge in [-0.3, -0.25) is 14.8 Å². The molecule has 3 aromatic rings. The minimum atomic E-state index is -4.77. The van der Waals surface area contributed by atoms with Crippen LogP contribution in [0, 0.1) is 20.8 Å². The SMILES string of the molecule is Cc1nc(C)c(Cn2cccc(-c3noc(C(F)(F)F)n3)c2=O)nc1C. The summed E-state index contributed by atoms with van der Waals surface area (Å²) in [6.07, 6.45) is -3.27. The van der Waals surface area contributed by atoms with Crippen molar-refractivity contribution in [2.75, 3.05) is 0 Å². The van der Waals surface area contributed by atoms with E-state index in [0.717, 1.165) is 11.4 Å². The number of hydrogen-bond acceptors (Lipinski definition) is 6. The van der Waals surface area contributed by atoms with E-state index in [-0.39, 0.29) is 12.1 Å². The fraction of sp³-hybridized carbons (Fsp3) is 0.312. The number of nitrogens with zero attached hydrogens (tertiary/aromatic N) is 5. The van der Waals surface area contributed by atoms with Crippen LogP contribution in [0.3, 0.4) is 0 Å². The number of hydrogen-bond donors (Lipinski definition) is 0. The Labute approximate surface area is 145 Å². The maximum absolute atomic E-state index is 12.6. The molecule has 0 aliphatic heterocycles. The van der Waals surface area contributed by atoms with Gasteiger partial charge in [-0.1, -0.05) is 5.16 Å². The largest absolute Gasteiger partial charge is 0.471 e. The summed E-state index contributed by atoms with van der Waals surface area (Å²) in [4.78, 5) is 24.7. The Morgan fingerprint density at radius 1 is 1.08 bits per heavy atom. The monoisotopic (exact) mass is 365 g/mol. The molecule has 0 spiro atoms. The summed E-state index contributed by atoms with van der Waals surface area (Å²) >= 11 is 0. The molecule has 0 fully saturated rings. The van der Waals surface area contributed by atoms with E-state index in [1.54, 1.807) is 6.92 Å². The smallest absolute Gasteiger partial charge is 0.329 e. The molecular formula is C16H14F3N5O2. The lowest BCUT2D eigenvalue weighted by Crippen LogP contribution is -2.23. The predicted octanol–water partition coefficient (Wildman–Crippen LogP) is 2.68. The van der Waals surface area contributed by atoms with E-state index in [4.69, 9.17) is 0 Å². The molecule has 3 heterocycles. The van der Waals surface area contributed by atoms with Crippen molar-refractivity contribution in [1.29, 1.82) is 0 Å². The number of aryl methyl sites for hydroxylation is 3. The van der Waals surface area contributed by atoms with Crippen LogP contribution in [0.2, 0.25) is 0 Å². The summed E-state index contributed by atoms with van der Waals surface area (Å²) in [7, 11) is 0. The normalized spacial score (nSPS) is 11.8. The van der Waals surface area contributed by atoms with Gasteiger partial charge in [-0.2, -0.15) is 18.2 Å². The Hall–Kier alpha value is -3.04. The van der Waals surface area contributed by atoms with Gasteiger partial charge >= 0.3 is 12.1 Å².